The third-order valence-electron chi connectivity index (χ3n) is 4.30. The van der Waals surface area contributed by atoms with E-state index in [1.54, 1.807) is 23.4 Å². The average Bonchev–Trinajstić information content (AvgIpc) is 2.86. The van der Waals surface area contributed by atoms with Gasteiger partial charge in [-0.05, 0) is 34.6 Å². The van der Waals surface area contributed by atoms with Crippen LogP contribution in [0.1, 0.15) is 43.7 Å². The third kappa shape index (κ3) is 5.59. The Morgan fingerprint density at radius 3 is 2.33 bits per heavy atom. The Kier molecular flexibility index (Phi) is 6.69. The quantitative estimate of drug-likeness (QED) is 0.771. The minimum atomic E-state index is -0.486. The van der Waals surface area contributed by atoms with E-state index >= 15 is 0 Å². The first-order valence-corrected chi connectivity index (χ1v) is 9.32. The summed E-state index contributed by atoms with van der Waals surface area (Å²) in [5.74, 6) is -0.108. The molecule has 1 saturated heterocycles. The highest BCUT2D eigenvalue weighted by molar-refractivity contribution is 5.95. The van der Waals surface area contributed by atoms with Crippen LogP contribution in [0.2, 0.25) is 0 Å². The maximum absolute atomic E-state index is 12.1. The summed E-state index contributed by atoms with van der Waals surface area (Å²) in [5, 5.41) is 4.36. The van der Waals surface area contributed by atoms with Crippen molar-refractivity contribution in [2.24, 2.45) is 0 Å². The number of esters is 1. The molecule has 0 spiro atoms. The molecule has 27 heavy (non-hydrogen) atoms. The summed E-state index contributed by atoms with van der Waals surface area (Å²) in [6.07, 6.45) is -0.270. The van der Waals surface area contributed by atoms with Gasteiger partial charge < -0.3 is 20.1 Å². The molecule has 1 aliphatic heterocycles. The number of hydrogen-bond acceptors (Lipinski definition) is 7. The number of rotatable bonds is 5. The van der Waals surface area contributed by atoms with Crippen molar-refractivity contribution in [1.82, 2.24) is 19.6 Å². The molecule has 2 rings (SSSR count). The Balaban J connectivity index is 1.86. The second kappa shape index (κ2) is 8.60. The van der Waals surface area contributed by atoms with E-state index < -0.39 is 11.6 Å². The van der Waals surface area contributed by atoms with Crippen LogP contribution < -0.4 is 5.73 Å². The summed E-state index contributed by atoms with van der Waals surface area (Å²) in [6.45, 7) is 13.4. The van der Waals surface area contributed by atoms with Crippen LogP contribution in [-0.4, -0.2) is 76.6 Å². The van der Waals surface area contributed by atoms with Crippen LogP contribution in [0, 0.1) is 6.92 Å². The molecule has 1 amide bonds. The molecule has 2 heterocycles. The van der Waals surface area contributed by atoms with Gasteiger partial charge in [-0.25, -0.2) is 14.3 Å². The van der Waals surface area contributed by atoms with Crippen LogP contribution in [0.4, 0.5) is 10.6 Å². The number of anilines is 1. The Bertz CT molecular complexity index is 672. The zero-order valence-corrected chi connectivity index (χ0v) is 16.9. The molecule has 0 bridgehead atoms. The van der Waals surface area contributed by atoms with Crippen LogP contribution in [0.5, 0.6) is 0 Å². The number of piperazine rings is 1. The molecular weight excluding hydrogens is 350 g/mol. The SMILES string of the molecule is CCOC(=O)c1c(C)nn(CCN2CCN(C(=O)OC(C)(C)C)CC2)c1N. The number of amides is 1. The standard InChI is InChI=1S/C18H31N5O4/c1-6-26-16(24)14-13(2)20-23(15(14)19)12-9-21-7-10-22(11-8-21)17(25)27-18(3,4)5/h6-12,19H2,1-5H3. The fraction of sp³-hybridized carbons (Fsp3) is 0.722. The zero-order valence-electron chi connectivity index (χ0n) is 16.9. The summed E-state index contributed by atoms with van der Waals surface area (Å²) in [5.41, 5.74) is 6.51. The smallest absolute Gasteiger partial charge is 0.410 e. The lowest BCUT2D eigenvalue weighted by Gasteiger charge is -2.35. The van der Waals surface area contributed by atoms with Crippen molar-refractivity contribution in [3.05, 3.63) is 11.3 Å². The van der Waals surface area contributed by atoms with E-state index in [2.05, 4.69) is 10.00 Å². The molecule has 152 valence electrons. The van der Waals surface area contributed by atoms with Crippen molar-refractivity contribution >= 4 is 17.9 Å². The Morgan fingerprint density at radius 2 is 1.78 bits per heavy atom. The predicted molar refractivity (Wildman–Crippen MR) is 102 cm³/mol. The highest BCUT2D eigenvalue weighted by Gasteiger charge is 2.26. The van der Waals surface area contributed by atoms with Crippen LogP contribution >= 0.6 is 0 Å². The number of ether oxygens (including phenoxy) is 2. The van der Waals surface area contributed by atoms with Crippen molar-refractivity contribution in [3.8, 4) is 0 Å². The zero-order chi connectivity index (χ0) is 20.2. The number of nitrogens with zero attached hydrogens (tertiary/aromatic N) is 4. The first-order valence-electron chi connectivity index (χ1n) is 9.32. The van der Waals surface area contributed by atoms with Gasteiger partial charge in [0, 0.05) is 32.7 Å². The molecule has 0 atom stereocenters. The molecule has 1 fully saturated rings. The van der Waals surface area contributed by atoms with E-state index in [1.165, 1.54) is 0 Å². The normalized spacial score (nSPS) is 15.7. The van der Waals surface area contributed by atoms with Gasteiger partial charge in [0.05, 0.1) is 18.8 Å². The molecule has 1 aromatic rings. The summed E-state index contributed by atoms with van der Waals surface area (Å²) in [7, 11) is 0. The lowest BCUT2D eigenvalue weighted by atomic mass is 10.2. The van der Waals surface area contributed by atoms with E-state index in [1.807, 2.05) is 20.8 Å². The minimum absolute atomic E-state index is 0.270. The summed E-state index contributed by atoms with van der Waals surface area (Å²) >= 11 is 0. The molecule has 1 aliphatic rings. The number of nitrogens with two attached hydrogens (primary N) is 1. The minimum Gasteiger partial charge on any atom is -0.462 e. The van der Waals surface area contributed by atoms with Gasteiger partial charge in [-0.2, -0.15) is 5.10 Å². The molecule has 2 N–H and O–H groups in total. The van der Waals surface area contributed by atoms with E-state index in [0.717, 1.165) is 19.6 Å². The largest absolute Gasteiger partial charge is 0.462 e. The van der Waals surface area contributed by atoms with Gasteiger partial charge in [0.25, 0.3) is 0 Å². The summed E-state index contributed by atoms with van der Waals surface area (Å²) in [4.78, 5) is 28.1. The van der Waals surface area contributed by atoms with Gasteiger partial charge in [0.15, 0.2) is 0 Å². The predicted octanol–water partition coefficient (Wildman–Crippen LogP) is 1.50. The fourth-order valence-electron chi connectivity index (χ4n) is 2.94. The average molecular weight is 381 g/mol. The maximum atomic E-state index is 12.1. The molecule has 1 aromatic heterocycles. The van der Waals surface area contributed by atoms with E-state index in [9.17, 15) is 9.59 Å². The van der Waals surface area contributed by atoms with E-state index in [-0.39, 0.29) is 6.09 Å². The lowest BCUT2D eigenvalue weighted by molar-refractivity contribution is 0.0142. The Hall–Kier alpha value is -2.29. The van der Waals surface area contributed by atoms with Crippen molar-refractivity contribution in [2.75, 3.05) is 45.1 Å². The number of aromatic nitrogens is 2. The number of carbonyl (C=O) groups excluding carboxylic acids is 2. The van der Waals surface area contributed by atoms with Gasteiger partial charge in [0.1, 0.15) is 17.0 Å². The van der Waals surface area contributed by atoms with Gasteiger partial charge in [-0.1, -0.05) is 0 Å². The highest BCUT2D eigenvalue weighted by Crippen LogP contribution is 2.18. The first kappa shape index (κ1) is 21.0. The van der Waals surface area contributed by atoms with Gasteiger partial charge in [-0.3, -0.25) is 4.90 Å². The second-order valence-corrected chi connectivity index (χ2v) is 7.60. The Morgan fingerprint density at radius 1 is 1.15 bits per heavy atom. The fourth-order valence-corrected chi connectivity index (χ4v) is 2.94. The second-order valence-electron chi connectivity index (χ2n) is 7.60. The topological polar surface area (TPSA) is 103 Å². The third-order valence-corrected chi connectivity index (χ3v) is 4.30. The van der Waals surface area contributed by atoms with Gasteiger partial charge in [0.2, 0.25) is 0 Å². The number of nitrogen functional groups attached to an aromatic ring is 1. The molecule has 0 unspecified atom stereocenters. The molecule has 9 nitrogen and oxygen atoms in total. The van der Waals surface area contributed by atoms with Crippen LogP contribution in [0.15, 0.2) is 0 Å². The number of hydrogen-bond donors (Lipinski definition) is 1. The molecule has 0 saturated carbocycles. The van der Waals surface area contributed by atoms with Crippen molar-refractivity contribution in [1.29, 1.82) is 0 Å². The lowest BCUT2D eigenvalue weighted by Crippen LogP contribution is -2.50. The van der Waals surface area contributed by atoms with Crippen molar-refractivity contribution in [2.45, 2.75) is 46.8 Å². The molecule has 0 aliphatic carbocycles. The van der Waals surface area contributed by atoms with Crippen molar-refractivity contribution < 1.29 is 19.1 Å². The van der Waals surface area contributed by atoms with Crippen LogP contribution in [0.3, 0.4) is 0 Å². The molecule has 0 aromatic carbocycles. The van der Waals surface area contributed by atoms with Gasteiger partial charge >= 0.3 is 12.1 Å². The molecule has 0 radical (unpaired) electrons. The van der Waals surface area contributed by atoms with Crippen LogP contribution in [-0.2, 0) is 16.0 Å². The van der Waals surface area contributed by atoms with Gasteiger partial charge in [-0.15, -0.1) is 0 Å². The number of aryl methyl sites for hydroxylation is 1. The first-order chi connectivity index (χ1) is 12.6. The highest BCUT2D eigenvalue weighted by atomic mass is 16.6. The summed E-state index contributed by atoms with van der Waals surface area (Å²) in [6, 6.07) is 0. The van der Waals surface area contributed by atoms with Crippen molar-refractivity contribution in [3.63, 3.8) is 0 Å². The van der Waals surface area contributed by atoms with E-state index in [0.29, 0.717) is 43.3 Å². The van der Waals surface area contributed by atoms with E-state index in [4.69, 9.17) is 15.2 Å². The monoisotopic (exact) mass is 381 g/mol. The summed E-state index contributed by atoms with van der Waals surface area (Å²) < 4.78 is 12.1. The molecular formula is C18H31N5O4. The van der Waals surface area contributed by atoms with Crippen LogP contribution in [0.25, 0.3) is 0 Å². The molecule has 9 heteroatoms. The Labute approximate surface area is 160 Å². The number of carbonyl (C=O) groups is 2. The maximum Gasteiger partial charge on any atom is 0.410 e.